The third-order valence-corrected chi connectivity index (χ3v) is 5.41. The molecule has 9 heteroatoms. The Morgan fingerprint density at radius 3 is 2.74 bits per heavy atom. The molecule has 1 saturated heterocycles. The second kappa shape index (κ2) is 8.60. The molecule has 0 radical (unpaired) electrons. The average Bonchev–Trinajstić information content (AvgIpc) is 3.03. The highest BCUT2D eigenvalue weighted by Crippen LogP contribution is 2.20. The number of anilines is 2. The molecule has 0 aliphatic carbocycles. The Morgan fingerprint density at radius 2 is 2.04 bits per heavy atom. The van der Waals surface area contributed by atoms with Crippen LogP contribution in [0.25, 0.3) is 0 Å². The van der Waals surface area contributed by atoms with Gasteiger partial charge in [-0.1, -0.05) is 32.1 Å². The molecule has 1 aliphatic heterocycles. The molecular weight excluding hydrogens is 364 g/mol. The van der Waals surface area contributed by atoms with Crippen LogP contribution in [0.15, 0.2) is 16.9 Å². The Bertz CT molecular complexity index is 838. The van der Waals surface area contributed by atoms with Gasteiger partial charge in [0.2, 0.25) is 11.0 Å². The number of rotatable bonds is 6. The largest absolute Gasteiger partial charge is 0.355 e. The Balaban J connectivity index is 1.64. The summed E-state index contributed by atoms with van der Waals surface area (Å²) in [5.41, 5.74) is -0.294. The van der Waals surface area contributed by atoms with Crippen LogP contribution < -0.4 is 15.8 Å². The lowest BCUT2D eigenvalue weighted by atomic mass is 9.99. The summed E-state index contributed by atoms with van der Waals surface area (Å²) in [6.07, 6.45) is 3.04. The first-order valence-electron chi connectivity index (χ1n) is 9.36. The second-order valence-corrected chi connectivity index (χ2v) is 8.57. The third kappa shape index (κ3) is 5.35. The number of hydrogen-bond donors (Lipinski definition) is 1. The summed E-state index contributed by atoms with van der Waals surface area (Å²) >= 11 is 1.36. The van der Waals surface area contributed by atoms with E-state index >= 15 is 0 Å². The minimum Gasteiger partial charge on any atom is -0.355 e. The Labute approximate surface area is 162 Å². The first-order valence-corrected chi connectivity index (χ1v) is 10.2. The molecule has 1 fully saturated rings. The molecule has 3 heterocycles. The van der Waals surface area contributed by atoms with E-state index in [0.717, 1.165) is 43.2 Å². The lowest BCUT2D eigenvalue weighted by Crippen LogP contribution is -2.36. The van der Waals surface area contributed by atoms with Crippen molar-refractivity contribution in [2.75, 3.05) is 23.3 Å². The van der Waals surface area contributed by atoms with Crippen molar-refractivity contribution in [1.82, 2.24) is 20.0 Å². The fraction of sp³-hybridized carbons (Fsp3) is 0.611. The summed E-state index contributed by atoms with van der Waals surface area (Å²) in [6, 6.07) is 3.20. The molecular formula is C18H26N6O2S. The number of carbonyl (C=O) groups excluding carboxylic acids is 1. The van der Waals surface area contributed by atoms with Crippen molar-refractivity contribution in [3.63, 3.8) is 0 Å². The normalized spacial score (nSPS) is 15.3. The van der Waals surface area contributed by atoms with Gasteiger partial charge in [0.25, 0.3) is 5.56 Å². The van der Waals surface area contributed by atoms with Crippen LogP contribution in [-0.4, -0.2) is 39.0 Å². The van der Waals surface area contributed by atoms with Gasteiger partial charge in [-0.05, 0) is 30.7 Å². The van der Waals surface area contributed by atoms with Crippen LogP contribution in [0.1, 0.15) is 38.6 Å². The molecule has 1 N–H and O–H groups in total. The van der Waals surface area contributed by atoms with E-state index < -0.39 is 0 Å². The number of carbonyl (C=O) groups is 1. The maximum Gasteiger partial charge on any atom is 0.267 e. The van der Waals surface area contributed by atoms with Crippen LogP contribution in [0.5, 0.6) is 0 Å². The summed E-state index contributed by atoms with van der Waals surface area (Å²) in [5.74, 6) is 1.60. The van der Waals surface area contributed by atoms with E-state index in [1.165, 1.54) is 22.1 Å². The molecule has 0 aromatic carbocycles. The first-order chi connectivity index (χ1) is 12.9. The molecule has 0 saturated carbocycles. The lowest BCUT2D eigenvalue weighted by Gasteiger charge is -2.31. The van der Waals surface area contributed by atoms with Crippen molar-refractivity contribution < 1.29 is 4.79 Å². The number of aromatic nitrogens is 4. The maximum absolute atomic E-state index is 12.3. The predicted octanol–water partition coefficient (Wildman–Crippen LogP) is 2.17. The molecule has 0 atom stereocenters. The van der Waals surface area contributed by atoms with E-state index in [1.54, 1.807) is 6.07 Å². The average molecular weight is 391 g/mol. The molecule has 0 unspecified atom stereocenters. The Kier molecular flexibility index (Phi) is 6.20. The Morgan fingerprint density at radius 1 is 1.30 bits per heavy atom. The highest BCUT2D eigenvalue weighted by molar-refractivity contribution is 7.15. The van der Waals surface area contributed by atoms with Crippen LogP contribution in [-0.2, 0) is 17.8 Å². The maximum atomic E-state index is 12.3. The topological polar surface area (TPSA) is 93.0 Å². The number of amides is 1. The van der Waals surface area contributed by atoms with Gasteiger partial charge >= 0.3 is 0 Å². The summed E-state index contributed by atoms with van der Waals surface area (Å²) in [7, 11) is 0. The number of piperidine rings is 1. The molecule has 0 bridgehead atoms. The van der Waals surface area contributed by atoms with Gasteiger partial charge < -0.3 is 4.90 Å². The monoisotopic (exact) mass is 390 g/mol. The summed E-state index contributed by atoms with van der Waals surface area (Å²) < 4.78 is 1.21. The van der Waals surface area contributed by atoms with Crippen molar-refractivity contribution in [2.45, 2.75) is 46.6 Å². The fourth-order valence-corrected chi connectivity index (χ4v) is 3.96. The van der Waals surface area contributed by atoms with Crippen molar-refractivity contribution in [1.29, 1.82) is 0 Å². The molecule has 2 aromatic heterocycles. The summed E-state index contributed by atoms with van der Waals surface area (Å²) in [4.78, 5) is 26.6. The zero-order chi connectivity index (χ0) is 19.4. The zero-order valence-corrected chi connectivity index (χ0v) is 16.8. The number of nitrogens with zero attached hydrogens (tertiary/aromatic N) is 5. The Hall–Kier alpha value is -2.29. The molecule has 3 rings (SSSR count). The highest BCUT2D eigenvalue weighted by atomic mass is 32.1. The van der Waals surface area contributed by atoms with E-state index in [0.29, 0.717) is 17.0 Å². The molecule has 146 valence electrons. The number of hydrogen-bond acceptors (Lipinski definition) is 7. The van der Waals surface area contributed by atoms with Crippen molar-refractivity contribution >= 4 is 28.2 Å². The van der Waals surface area contributed by atoms with E-state index in [9.17, 15) is 9.59 Å². The van der Waals surface area contributed by atoms with Crippen molar-refractivity contribution in [3.8, 4) is 0 Å². The van der Waals surface area contributed by atoms with E-state index in [2.05, 4.69) is 46.3 Å². The zero-order valence-electron chi connectivity index (χ0n) is 16.0. The van der Waals surface area contributed by atoms with Crippen LogP contribution in [0.2, 0.25) is 0 Å². The van der Waals surface area contributed by atoms with Crippen LogP contribution >= 0.6 is 11.3 Å². The van der Waals surface area contributed by atoms with E-state index in [-0.39, 0.29) is 18.0 Å². The van der Waals surface area contributed by atoms with Gasteiger partial charge in [0, 0.05) is 25.6 Å². The predicted molar refractivity (Wildman–Crippen MR) is 106 cm³/mol. The van der Waals surface area contributed by atoms with Crippen molar-refractivity contribution in [2.24, 2.45) is 11.8 Å². The summed E-state index contributed by atoms with van der Waals surface area (Å²) in [5, 5.41) is 16.5. The summed E-state index contributed by atoms with van der Waals surface area (Å²) in [6.45, 7) is 8.15. The quantitative estimate of drug-likeness (QED) is 0.812. The highest BCUT2D eigenvalue weighted by Gasteiger charge is 2.18. The smallest absolute Gasteiger partial charge is 0.267 e. The van der Waals surface area contributed by atoms with Gasteiger partial charge in [-0.15, -0.1) is 10.2 Å². The van der Waals surface area contributed by atoms with Crippen LogP contribution in [0.4, 0.5) is 10.9 Å². The minimum atomic E-state index is -0.332. The fourth-order valence-electron chi connectivity index (χ4n) is 2.99. The van der Waals surface area contributed by atoms with Gasteiger partial charge in [0.15, 0.2) is 0 Å². The number of nitrogens with one attached hydrogen (secondary N) is 1. The molecule has 8 nitrogen and oxygen atoms in total. The molecule has 1 amide bonds. The van der Waals surface area contributed by atoms with E-state index in [1.807, 2.05) is 0 Å². The third-order valence-electron chi connectivity index (χ3n) is 4.55. The van der Waals surface area contributed by atoms with Crippen molar-refractivity contribution in [3.05, 3.63) is 27.5 Å². The molecule has 1 aliphatic rings. The minimum absolute atomic E-state index is 0.143. The van der Waals surface area contributed by atoms with E-state index in [4.69, 9.17) is 0 Å². The molecule has 0 spiro atoms. The standard InChI is InChI=1S/C18H26N6O2S/c1-12(2)10-16-20-21-18(27-16)19-15(25)11-24-17(26)5-4-14(22-24)23-8-6-13(3)7-9-23/h4-5,12-13H,6-11H2,1-3H3,(H,19,21,25). The molecule has 2 aromatic rings. The van der Waals surface area contributed by atoms with Gasteiger partial charge in [-0.2, -0.15) is 5.10 Å². The second-order valence-electron chi connectivity index (χ2n) is 7.50. The van der Waals surface area contributed by atoms with Gasteiger partial charge in [-0.3, -0.25) is 14.9 Å². The van der Waals surface area contributed by atoms with Gasteiger partial charge in [0.1, 0.15) is 17.4 Å². The lowest BCUT2D eigenvalue weighted by molar-refractivity contribution is -0.117. The SMILES string of the molecule is CC(C)Cc1nnc(NC(=O)Cn2nc(N3CCC(C)CC3)ccc2=O)s1. The van der Waals surface area contributed by atoms with Gasteiger partial charge in [-0.25, -0.2) is 4.68 Å². The van der Waals surface area contributed by atoms with Crippen LogP contribution in [0.3, 0.4) is 0 Å². The first kappa shape index (κ1) is 19.5. The van der Waals surface area contributed by atoms with Gasteiger partial charge in [0.05, 0.1) is 0 Å². The molecule has 27 heavy (non-hydrogen) atoms. The van der Waals surface area contributed by atoms with Crippen LogP contribution in [0, 0.1) is 11.8 Å².